The second-order valence-corrected chi connectivity index (χ2v) is 6.80. The molecule has 0 spiro atoms. The van der Waals surface area contributed by atoms with Crippen LogP contribution in [-0.2, 0) is 11.3 Å². The van der Waals surface area contributed by atoms with Crippen LogP contribution in [0.15, 0.2) is 47.0 Å². The van der Waals surface area contributed by atoms with Crippen molar-refractivity contribution in [3.8, 4) is 22.9 Å². The zero-order valence-electron chi connectivity index (χ0n) is 16.3. The van der Waals surface area contributed by atoms with Crippen molar-refractivity contribution >= 4 is 11.6 Å². The van der Waals surface area contributed by atoms with E-state index in [0.717, 1.165) is 11.1 Å². The molecule has 150 valence electrons. The van der Waals surface area contributed by atoms with Crippen LogP contribution in [0.5, 0.6) is 11.5 Å². The Morgan fingerprint density at radius 2 is 1.97 bits per heavy atom. The number of benzene rings is 2. The predicted molar refractivity (Wildman–Crippen MR) is 107 cm³/mol. The van der Waals surface area contributed by atoms with Gasteiger partial charge in [0.2, 0.25) is 17.6 Å². The maximum absolute atomic E-state index is 12.7. The molecule has 1 unspecified atom stereocenters. The highest BCUT2D eigenvalue weighted by Gasteiger charge is 2.36. The molecule has 0 saturated carbocycles. The van der Waals surface area contributed by atoms with Crippen LogP contribution in [0.2, 0.25) is 0 Å². The van der Waals surface area contributed by atoms with Gasteiger partial charge in [-0.2, -0.15) is 4.98 Å². The molecule has 1 aliphatic rings. The molecule has 1 amide bonds. The lowest BCUT2D eigenvalue weighted by Gasteiger charge is -2.19. The molecule has 29 heavy (non-hydrogen) atoms. The number of amides is 1. The van der Waals surface area contributed by atoms with E-state index in [1.165, 1.54) is 0 Å². The van der Waals surface area contributed by atoms with Crippen molar-refractivity contribution in [2.45, 2.75) is 18.9 Å². The maximum atomic E-state index is 12.7. The standard InChI is InChI=1S/C21H22N4O4/c1-27-16-7-8-17(18(10-16)28-2)25-12-15(9-19(25)26)21-23-20(24-29-21)14-5-3-13(11-22)4-6-14/h3-8,10,15H,9,11-12,22H2,1-2H3. The Labute approximate surface area is 168 Å². The van der Waals surface area contributed by atoms with Crippen LogP contribution in [0.1, 0.15) is 23.8 Å². The summed E-state index contributed by atoms with van der Waals surface area (Å²) in [5.74, 6) is 1.98. The highest BCUT2D eigenvalue weighted by Crippen LogP contribution is 2.38. The fourth-order valence-corrected chi connectivity index (χ4v) is 3.42. The molecular weight excluding hydrogens is 372 g/mol. The van der Waals surface area contributed by atoms with Crippen molar-refractivity contribution < 1.29 is 18.8 Å². The van der Waals surface area contributed by atoms with Gasteiger partial charge >= 0.3 is 0 Å². The molecule has 1 fully saturated rings. The normalized spacial score (nSPS) is 16.3. The summed E-state index contributed by atoms with van der Waals surface area (Å²) in [6, 6.07) is 13.1. The number of aromatic nitrogens is 2. The summed E-state index contributed by atoms with van der Waals surface area (Å²) in [6.07, 6.45) is 0.295. The topological polar surface area (TPSA) is 104 Å². The number of nitrogens with two attached hydrogens (primary N) is 1. The van der Waals surface area contributed by atoms with Gasteiger partial charge in [0.05, 0.1) is 25.8 Å². The van der Waals surface area contributed by atoms with Gasteiger partial charge in [0.25, 0.3) is 0 Å². The average Bonchev–Trinajstić information content (AvgIpc) is 3.40. The van der Waals surface area contributed by atoms with Gasteiger partial charge in [-0.05, 0) is 17.7 Å². The molecule has 1 saturated heterocycles. The lowest BCUT2D eigenvalue weighted by Crippen LogP contribution is -2.24. The van der Waals surface area contributed by atoms with Gasteiger partial charge in [-0.1, -0.05) is 29.4 Å². The van der Waals surface area contributed by atoms with Crippen LogP contribution in [0.4, 0.5) is 5.69 Å². The monoisotopic (exact) mass is 394 g/mol. The first kappa shape index (κ1) is 18.9. The second-order valence-electron chi connectivity index (χ2n) is 6.80. The number of methoxy groups -OCH3 is 2. The first-order valence-electron chi connectivity index (χ1n) is 9.28. The van der Waals surface area contributed by atoms with Crippen LogP contribution in [-0.4, -0.2) is 36.8 Å². The van der Waals surface area contributed by atoms with E-state index in [1.807, 2.05) is 30.3 Å². The van der Waals surface area contributed by atoms with Crippen molar-refractivity contribution in [3.63, 3.8) is 0 Å². The maximum Gasteiger partial charge on any atom is 0.232 e. The first-order valence-corrected chi connectivity index (χ1v) is 9.28. The van der Waals surface area contributed by atoms with E-state index < -0.39 is 0 Å². The summed E-state index contributed by atoms with van der Waals surface area (Å²) in [7, 11) is 3.15. The van der Waals surface area contributed by atoms with Gasteiger partial charge in [0, 0.05) is 31.1 Å². The van der Waals surface area contributed by atoms with Crippen LogP contribution in [0.25, 0.3) is 11.4 Å². The van der Waals surface area contributed by atoms with Crippen molar-refractivity contribution in [2.75, 3.05) is 25.7 Å². The molecule has 2 heterocycles. The second kappa shape index (κ2) is 7.92. The van der Waals surface area contributed by atoms with E-state index in [2.05, 4.69) is 10.1 Å². The summed E-state index contributed by atoms with van der Waals surface area (Å²) < 4.78 is 16.1. The number of ether oxygens (including phenoxy) is 2. The van der Waals surface area contributed by atoms with Crippen molar-refractivity contribution in [1.29, 1.82) is 0 Å². The lowest BCUT2D eigenvalue weighted by atomic mass is 10.1. The Balaban J connectivity index is 1.55. The third kappa shape index (κ3) is 3.66. The number of anilines is 1. The molecule has 8 heteroatoms. The summed E-state index contributed by atoms with van der Waals surface area (Å²) in [4.78, 5) is 18.9. The Morgan fingerprint density at radius 1 is 1.17 bits per heavy atom. The highest BCUT2D eigenvalue weighted by molar-refractivity contribution is 5.97. The van der Waals surface area contributed by atoms with Gasteiger partial charge in [-0.25, -0.2) is 0 Å². The number of carbonyl (C=O) groups is 1. The molecule has 1 atom stereocenters. The van der Waals surface area contributed by atoms with Gasteiger partial charge < -0.3 is 24.6 Å². The minimum Gasteiger partial charge on any atom is -0.497 e. The van der Waals surface area contributed by atoms with Gasteiger partial charge in [-0.15, -0.1) is 0 Å². The smallest absolute Gasteiger partial charge is 0.232 e. The molecule has 1 aliphatic heterocycles. The molecule has 8 nitrogen and oxygen atoms in total. The number of hydrogen-bond acceptors (Lipinski definition) is 7. The fraction of sp³-hybridized carbons (Fsp3) is 0.286. The van der Waals surface area contributed by atoms with Gasteiger partial charge in [-0.3, -0.25) is 4.79 Å². The van der Waals surface area contributed by atoms with Crippen LogP contribution in [0, 0.1) is 0 Å². The minimum atomic E-state index is -0.182. The third-order valence-electron chi connectivity index (χ3n) is 5.04. The summed E-state index contributed by atoms with van der Waals surface area (Å²) in [6.45, 7) is 0.919. The Morgan fingerprint density at radius 3 is 2.66 bits per heavy atom. The molecule has 0 radical (unpaired) electrons. The molecule has 1 aromatic heterocycles. The number of carbonyl (C=O) groups excluding carboxylic acids is 1. The van der Waals surface area contributed by atoms with E-state index in [9.17, 15) is 4.79 Å². The summed E-state index contributed by atoms with van der Waals surface area (Å²) in [5.41, 5.74) is 8.20. The molecule has 0 aliphatic carbocycles. The van der Waals surface area contributed by atoms with E-state index in [0.29, 0.717) is 48.4 Å². The summed E-state index contributed by atoms with van der Waals surface area (Å²) >= 11 is 0. The van der Waals surface area contributed by atoms with E-state index in [-0.39, 0.29) is 11.8 Å². The minimum absolute atomic E-state index is 0.0227. The zero-order chi connectivity index (χ0) is 20.4. The predicted octanol–water partition coefficient (Wildman–Crippen LogP) is 2.73. The lowest BCUT2D eigenvalue weighted by molar-refractivity contribution is -0.117. The molecule has 2 aromatic carbocycles. The largest absolute Gasteiger partial charge is 0.497 e. The van der Waals surface area contributed by atoms with Crippen molar-refractivity contribution in [1.82, 2.24) is 10.1 Å². The molecule has 0 bridgehead atoms. The van der Waals surface area contributed by atoms with Crippen molar-refractivity contribution in [3.05, 3.63) is 53.9 Å². The van der Waals surface area contributed by atoms with E-state index in [4.69, 9.17) is 19.7 Å². The Kier molecular flexibility index (Phi) is 5.18. The quantitative estimate of drug-likeness (QED) is 0.685. The van der Waals surface area contributed by atoms with Crippen LogP contribution in [0.3, 0.4) is 0 Å². The van der Waals surface area contributed by atoms with E-state index >= 15 is 0 Å². The Bertz CT molecular complexity index is 1020. The third-order valence-corrected chi connectivity index (χ3v) is 5.04. The molecule has 3 aromatic rings. The molecular formula is C21H22N4O4. The van der Waals surface area contributed by atoms with Gasteiger partial charge in [0.15, 0.2) is 0 Å². The van der Waals surface area contributed by atoms with E-state index in [1.54, 1.807) is 31.3 Å². The Hall–Kier alpha value is -3.39. The van der Waals surface area contributed by atoms with Gasteiger partial charge in [0.1, 0.15) is 11.5 Å². The fourth-order valence-electron chi connectivity index (χ4n) is 3.42. The number of nitrogens with zero attached hydrogens (tertiary/aromatic N) is 3. The molecule has 2 N–H and O–H groups in total. The average molecular weight is 394 g/mol. The molecule has 4 rings (SSSR count). The van der Waals surface area contributed by atoms with Crippen LogP contribution < -0.4 is 20.1 Å². The zero-order valence-corrected chi connectivity index (χ0v) is 16.3. The number of rotatable bonds is 6. The number of hydrogen-bond donors (Lipinski definition) is 1. The summed E-state index contributed by atoms with van der Waals surface area (Å²) in [5, 5.41) is 4.08. The van der Waals surface area contributed by atoms with Crippen LogP contribution >= 0.6 is 0 Å². The first-order chi connectivity index (χ1) is 14.1. The highest BCUT2D eigenvalue weighted by atomic mass is 16.5. The SMILES string of the molecule is COc1ccc(N2CC(c3nc(-c4ccc(CN)cc4)no3)CC2=O)c(OC)c1. The van der Waals surface area contributed by atoms with Crippen molar-refractivity contribution in [2.24, 2.45) is 5.73 Å².